The van der Waals surface area contributed by atoms with E-state index in [-0.39, 0.29) is 5.54 Å². The summed E-state index contributed by atoms with van der Waals surface area (Å²) in [6, 6.07) is 8.26. The lowest BCUT2D eigenvalue weighted by atomic mass is 9.88. The Kier molecular flexibility index (Phi) is 2.16. The molecule has 1 aliphatic heterocycles. The highest BCUT2D eigenvalue weighted by atomic mass is 16.5. The Balaban J connectivity index is 2.02. The van der Waals surface area contributed by atoms with Crippen LogP contribution in [0.5, 0.6) is 0 Å². The lowest BCUT2D eigenvalue weighted by Crippen LogP contribution is -2.27. The van der Waals surface area contributed by atoms with Gasteiger partial charge in [-0.15, -0.1) is 0 Å². The molecule has 0 atom stereocenters. The van der Waals surface area contributed by atoms with E-state index in [0.29, 0.717) is 5.92 Å². The van der Waals surface area contributed by atoms with Gasteiger partial charge in [0.1, 0.15) is 0 Å². The third kappa shape index (κ3) is 1.41. The van der Waals surface area contributed by atoms with Crippen molar-refractivity contribution >= 4 is 6.08 Å². The average Bonchev–Trinajstić information content (AvgIpc) is 2.98. The first kappa shape index (κ1) is 9.76. The fraction of sp³-hybridized carbons (Fsp3) is 0.462. The van der Waals surface area contributed by atoms with Gasteiger partial charge in [0, 0.05) is 5.92 Å². The summed E-state index contributed by atoms with van der Waals surface area (Å²) in [7, 11) is 0. The highest BCUT2D eigenvalue weighted by Crippen LogP contribution is 2.51. The van der Waals surface area contributed by atoms with E-state index in [4.69, 9.17) is 4.74 Å². The molecule has 1 aromatic carbocycles. The molecule has 1 saturated carbocycles. The number of rotatable bonds is 3. The molecular weight excluding hydrogens is 202 g/mol. The van der Waals surface area contributed by atoms with E-state index < -0.39 is 0 Å². The molecule has 0 amide bonds. The van der Waals surface area contributed by atoms with Crippen molar-refractivity contribution in [1.29, 1.82) is 0 Å². The van der Waals surface area contributed by atoms with E-state index in [1.54, 1.807) is 6.08 Å². The molecule has 0 aromatic heterocycles. The van der Waals surface area contributed by atoms with Gasteiger partial charge in [-0.3, -0.25) is 0 Å². The zero-order chi connectivity index (χ0) is 11.0. The number of ether oxygens (including phenoxy) is 1. The monoisotopic (exact) mass is 215 g/mol. The second kappa shape index (κ2) is 3.55. The minimum atomic E-state index is -0.256. The van der Waals surface area contributed by atoms with Crippen LogP contribution >= 0.6 is 0 Å². The number of hydrogen-bond acceptors (Lipinski definition) is 3. The maximum absolute atomic E-state index is 10.5. The molecule has 0 N–H and O–H groups in total. The van der Waals surface area contributed by atoms with Crippen LogP contribution in [0.15, 0.2) is 29.3 Å². The summed E-state index contributed by atoms with van der Waals surface area (Å²) in [5, 5.41) is 0. The molecule has 3 rings (SSSR count). The first-order chi connectivity index (χ1) is 7.86. The van der Waals surface area contributed by atoms with Crippen molar-refractivity contribution in [2.75, 3.05) is 13.2 Å². The van der Waals surface area contributed by atoms with Crippen molar-refractivity contribution in [1.82, 2.24) is 0 Å². The molecule has 0 spiro atoms. The predicted octanol–water partition coefficient (Wildman–Crippen LogP) is 2.13. The average molecular weight is 215 g/mol. The molecule has 0 radical (unpaired) electrons. The number of hydrogen-bond donors (Lipinski definition) is 0. The van der Waals surface area contributed by atoms with E-state index in [1.165, 1.54) is 11.1 Å². The van der Waals surface area contributed by atoms with E-state index in [9.17, 15) is 4.79 Å². The van der Waals surface area contributed by atoms with E-state index in [0.717, 1.165) is 26.1 Å². The lowest BCUT2D eigenvalue weighted by molar-refractivity contribution is 0.00790. The Morgan fingerprint density at radius 3 is 2.62 bits per heavy atom. The van der Waals surface area contributed by atoms with Gasteiger partial charge in [0.2, 0.25) is 6.08 Å². The number of aliphatic imine (C=N–C) groups is 1. The van der Waals surface area contributed by atoms with Crippen LogP contribution in [0.25, 0.3) is 0 Å². The van der Waals surface area contributed by atoms with Gasteiger partial charge < -0.3 is 4.74 Å². The maximum atomic E-state index is 10.5. The van der Waals surface area contributed by atoms with Crippen molar-refractivity contribution in [3.63, 3.8) is 0 Å². The molecule has 0 bridgehead atoms. The maximum Gasteiger partial charge on any atom is 0.235 e. The van der Waals surface area contributed by atoms with Crippen molar-refractivity contribution in [3.05, 3.63) is 35.4 Å². The molecule has 1 aliphatic carbocycles. The molecule has 2 aliphatic rings. The van der Waals surface area contributed by atoms with Gasteiger partial charge in [0.15, 0.2) is 0 Å². The zero-order valence-corrected chi connectivity index (χ0v) is 8.98. The minimum absolute atomic E-state index is 0.256. The Labute approximate surface area is 94.1 Å². The fourth-order valence-corrected chi connectivity index (χ4v) is 2.34. The van der Waals surface area contributed by atoms with Gasteiger partial charge in [-0.1, -0.05) is 24.3 Å². The molecule has 82 valence electrons. The summed E-state index contributed by atoms with van der Waals surface area (Å²) in [4.78, 5) is 14.5. The SMILES string of the molecule is O=C=NC1(c2ccccc2C2COC2)CC1. The molecular formula is C13H13NO2. The second-order valence-corrected chi connectivity index (χ2v) is 4.56. The summed E-state index contributed by atoms with van der Waals surface area (Å²) < 4.78 is 5.23. The van der Waals surface area contributed by atoms with Crippen molar-refractivity contribution in [2.45, 2.75) is 24.3 Å². The van der Waals surface area contributed by atoms with Crippen LogP contribution in [0.4, 0.5) is 0 Å². The summed E-state index contributed by atoms with van der Waals surface area (Å²) in [5.41, 5.74) is 2.24. The van der Waals surface area contributed by atoms with E-state index in [2.05, 4.69) is 17.1 Å². The highest BCUT2D eigenvalue weighted by Gasteiger charge is 2.47. The molecule has 2 fully saturated rings. The number of isocyanates is 1. The smallest absolute Gasteiger partial charge is 0.235 e. The van der Waals surface area contributed by atoms with Gasteiger partial charge in [-0.2, -0.15) is 4.99 Å². The van der Waals surface area contributed by atoms with Gasteiger partial charge in [-0.25, -0.2) is 4.79 Å². The molecule has 16 heavy (non-hydrogen) atoms. The van der Waals surface area contributed by atoms with Crippen molar-refractivity contribution < 1.29 is 9.53 Å². The van der Waals surface area contributed by atoms with Gasteiger partial charge >= 0.3 is 0 Å². The van der Waals surface area contributed by atoms with Crippen LogP contribution in [0.3, 0.4) is 0 Å². The molecule has 3 heteroatoms. The Bertz CT molecular complexity index is 455. The van der Waals surface area contributed by atoms with Gasteiger partial charge in [0.25, 0.3) is 0 Å². The van der Waals surface area contributed by atoms with Crippen LogP contribution in [-0.2, 0) is 15.1 Å². The normalized spacial score (nSPS) is 22.0. The van der Waals surface area contributed by atoms with Crippen LogP contribution in [0.2, 0.25) is 0 Å². The minimum Gasteiger partial charge on any atom is -0.380 e. The summed E-state index contributed by atoms with van der Waals surface area (Å²) in [5.74, 6) is 0.482. The molecule has 1 saturated heterocycles. The first-order valence-corrected chi connectivity index (χ1v) is 5.62. The number of nitrogens with zero attached hydrogens (tertiary/aromatic N) is 1. The van der Waals surface area contributed by atoms with Gasteiger partial charge in [-0.05, 0) is 24.0 Å². The fourth-order valence-electron chi connectivity index (χ4n) is 2.34. The van der Waals surface area contributed by atoms with Crippen LogP contribution < -0.4 is 0 Å². The van der Waals surface area contributed by atoms with Crippen molar-refractivity contribution in [3.8, 4) is 0 Å². The molecule has 1 heterocycles. The first-order valence-electron chi connectivity index (χ1n) is 5.62. The largest absolute Gasteiger partial charge is 0.380 e. The van der Waals surface area contributed by atoms with Gasteiger partial charge in [0.05, 0.1) is 18.8 Å². The standard InChI is InChI=1S/C13H13NO2/c15-9-14-13(5-6-13)12-4-2-1-3-11(12)10-7-16-8-10/h1-4,10H,5-8H2. The van der Waals surface area contributed by atoms with Crippen LogP contribution in [0, 0.1) is 0 Å². The second-order valence-electron chi connectivity index (χ2n) is 4.56. The topological polar surface area (TPSA) is 38.7 Å². The third-order valence-corrected chi connectivity index (χ3v) is 3.52. The highest BCUT2D eigenvalue weighted by molar-refractivity contribution is 5.45. The van der Waals surface area contributed by atoms with Crippen LogP contribution in [-0.4, -0.2) is 19.3 Å². The number of carbonyl (C=O) groups excluding carboxylic acids is 1. The quantitative estimate of drug-likeness (QED) is 0.572. The third-order valence-electron chi connectivity index (χ3n) is 3.52. The summed E-state index contributed by atoms with van der Waals surface area (Å²) in [6.07, 6.45) is 3.65. The lowest BCUT2D eigenvalue weighted by Gasteiger charge is -2.29. The molecule has 0 unspecified atom stereocenters. The Hall–Kier alpha value is -1.44. The van der Waals surface area contributed by atoms with E-state index >= 15 is 0 Å². The van der Waals surface area contributed by atoms with E-state index in [1.807, 2.05) is 12.1 Å². The Morgan fingerprint density at radius 1 is 1.31 bits per heavy atom. The van der Waals surface area contributed by atoms with Crippen molar-refractivity contribution in [2.24, 2.45) is 4.99 Å². The summed E-state index contributed by atoms with van der Waals surface area (Å²) >= 11 is 0. The summed E-state index contributed by atoms with van der Waals surface area (Å²) in [6.45, 7) is 1.58. The molecule has 1 aromatic rings. The number of benzene rings is 1. The van der Waals surface area contributed by atoms with Crippen LogP contribution in [0.1, 0.15) is 29.9 Å². The predicted molar refractivity (Wildman–Crippen MR) is 59.0 cm³/mol. The Morgan fingerprint density at radius 2 is 2.06 bits per heavy atom. The molecule has 3 nitrogen and oxygen atoms in total. The zero-order valence-electron chi connectivity index (χ0n) is 8.98.